The van der Waals surface area contributed by atoms with E-state index in [9.17, 15) is 9.59 Å². The molecule has 1 aromatic rings. The molecular weight excluding hydrogens is 302 g/mol. The molecule has 24 heavy (non-hydrogen) atoms. The van der Waals surface area contributed by atoms with Gasteiger partial charge in [0.05, 0.1) is 6.04 Å². The number of rotatable bonds is 7. The van der Waals surface area contributed by atoms with Gasteiger partial charge in [0.15, 0.2) is 0 Å². The summed E-state index contributed by atoms with van der Waals surface area (Å²) in [5.41, 5.74) is 2.47. The maximum atomic E-state index is 12.0. The lowest BCUT2D eigenvalue weighted by Gasteiger charge is -2.26. The van der Waals surface area contributed by atoms with Crippen LogP contribution >= 0.6 is 0 Å². The Balaban J connectivity index is 2.79. The van der Waals surface area contributed by atoms with Gasteiger partial charge in [-0.2, -0.15) is 0 Å². The molecular formula is C19H31N3O2. The highest BCUT2D eigenvalue weighted by atomic mass is 16.2. The topological polar surface area (TPSA) is 70.2 Å². The molecule has 0 bridgehead atoms. The minimum Gasteiger partial charge on any atom is -0.341 e. The molecule has 2 atom stereocenters. The van der Waals surface area contributed by atoms with Crippen LogP contribution in [-0.4, -0.2) is 25.0 Å². The molecule has 3 N–H and O–H groups in total. The second-order valence-corrected chi connectivity index (χ2v) is 7.02. The molecule has 0 spiro atoms. The Bertz CT molecular complexity index is 538. The molecule has 0 saturated heterocycles. The Morgan fingerprint density at radius 2 is 1.58 bits per heavy atom. The Hall–Kier alpha value is -1.88. The third-order valence-corrected chi connectivity index (χ3v) is 3.94. The summed E-state index contributed by atoms with van der Waals surface area (Å²) in [4.78, 5) is 23.3. The van der Waals surface area contributed by atoms with Crippen LogP contribution in [0.5, 0.6) is 0 Å². The Morgan fingerprint density at radius 1 is 1.00 bits per heavy atom. The highest BCUT2D eigenvalue weighted by molar-refractivity contribution is 5.96. The first-order chi connectivity index (χ1) is 11.2. The van der Waals surface area contributed by atoms with E-state index in [2.05, 4.69) is 67.9 Å². The first-order valence-electron chi connectivity index (χ1n) is 8.62. The summed E-state index contributed by atoms with van der Waals surface area (Å²) in [7, 11) is 1.48. The molecule has 0 aromatic heterocycles. The van der Waals surface area contributed by atoms with E-state index in [1.807, 2.05) is 0 Å². The van der Waals surface area contributed by atoms with Crippen LogP contribution in [-0.2, 0) is 11.2 Å². The molecule has 0 radical (unpaired) electrons. The van der Waals surface area contributed by atoms with Crippen molar-refractivity contribution in [3.63, 3.8) is 0 Å². The van der Waals surface area contributed by atoms with E-state index >= 15 is 0 Å². The van der Waals surface area contributed by atoms with Gasteiger partial charge in [-0.3, -0.25) is 15.4 Å². The van der Waals surface area contributed by atoms with Crippen molar-refractivity contribution in [2.24, 2.45) is 11.8 Å². The van der Waals surface area contributed by atoms with Crippen LogP contribution in [0.15, 0.2) is 24.3 Å². The Labute approximate surface area is 145 Å². The zero-order valence-corrected chi connectivity index (χ0v) is 15.6. The number of benzene rings is 1. The predicted octanol–water partition coefficient (Wildman–Crippen LogP) is 3.02. The first-order valence-corrected chi connectivity index (χ1v) is 8.62. The maximum Gasteiger partial charge on any atom is 0.321 e. The minimum atomic E-state index is -0.493. The quantitative estimate of drug-likeness (QED) is 0.718. The summed E-state index contributed by atoms with van der Waals surface area (Å²) in [6.07, 6.45) is 1.06. The Morgan fingerprint density at radius 3 is 2.04 bits per heavy atom. The summed E-state index contributed by atoms with van der Waals surface area (Å²) >= 11 is 0. The fourth-order valence-electron chi connectivity index (χ4n) is 2.63. The van der Waals surface area contributed by atoms with Crippen LogP contribution in [0.3, 0.4) is 0 Å². The van der Waals surface area contributed by atoms with E-state index < -0.39 is 12.1 Å². The summed E-state index contributed by atoms with van der Waals surface area (Å²) in [5, 5.41) is 8.02. The molecule has 134 valence electrons. The molecule has 3 amide bonds. The van der Waals surface area contributed by atoms with Crippen molar-refractivity contribution in [3.05, 3.63) is 35.4 Å². The highest BCUT2D eigenvalue weighted by Crippen LogP contribution is 2.23. The van der Waals surface area contributed by atoms with Gasteiger partial charge < -0.3 is 5.32 Å². The van der Waals surface area contributed by atoms with E-state index in [1.54, 1.807) is 6.92 Å². The van der Waals surface area contributed by atoms with Gasteiger partial charge in [-0.15, -0.1) is 0 Å². The van der Waals surface area contributed by atoms with E-state index in [-0.39, 0.29) is 11.9 Å². The molecule has 1 rings (SSSR count). The van der Waals surface area contributed by atoms with Gasteiger partial charge in [0.25, 0.3) is 0 Å². The number of carbonyl (C=O) groups excluding carboxylic acids is 2. The number of carbonyl (C=O) groups is 2. The fraction of sp³-hybridized carbons (Fsp3) is 0.579. The number of nitrogens with one attached hydrogen (secondary N) is 3. The molecule has 0 heterocycles. The fourth-order valence-corrected chi connectivity index (χ4v) is 2.63. The van der Waals surface area contributed by atoms with Gasteiger partial charge in [-0.05, 0) is 36.3 Å². The van der Waals surface area contributed by atoms with Crippen molar-refractivity contribution in [1.82, 2.24) is 16.0 Å². The molecule has 0 unspecified atom stereocenters. The lowest BCUT2D eigenvalue weighted by molar-refractivity contribution is -0.121. The average molecular weight is 333 g/mol. The predicted molar refractivity (Wildman–Crippen MR) is 97.8 cm³/mol. The highest BCUT2D eigenvalue weighted by Gasteiger charge is 2.22. The summed E-state index contributed by atoms with van der Waals surface area (Å²) in [5.74, 6) is 0.607. The molecule has 0 aliphatic heterocycles. The zero-order chi connectivity index (χ0) is 18.3. The third kappa shape index (κ3) is 6.32. The van der Waals surface area contributed by atoms with Crippen LogP contribution in [0.1, 0.15) is 51.8 Å². The van der Waals surface area contributed by atoms with Crippen molar-refractivity contribution in [1.29, 1.82) is 0 Å². The average Bonchev–Trinajstić information content (AvgIpc) is 2.52. The zero-order valence-electron chi connectivity index (χ0n) is 15.6. The third-order valence-electron chi connectivity index (χ3n) is 3.94. The smallest absolute Gasteiger partial charge is 0.321 e. The van der Waals surface area contributed by atoms with Gasteiger partial charge in [-0.25, -0.2) is 4.79 Å². The molecule has 5 nitrogen and oxygen atoms in total. The van der Waals surface area contributed by atoms with Crippen LogP contribution in [0.4, 0.5) is 4.79 Å². The minimum absolute atomic E-state index is 0.0449. The van der Waals surface area contributed by atoms with Crippen LogP contribution < -0.4 is 16.0 Å². The number of urea groups is 1. The van der Waals surface area contributed by atoms with E-state index in [1.165, 1.54) is 12.6 Å². The van der Waals surface area contributed by atoms with Gasteiger partial charge in [0.1, 0.15) is 0 Å². The number of amides is 3. The maximum absolute atomic E-state index is 12.0. The second-order valence-electron chi connectivity index (χ2n) is 7.02. The number of hydrogen-bond donors (Lipinski definition) is 3. The van der Waals surface area contributed by atoms with Gasteiger partial charge in [-0.1, -0.05) is 52.0 Å². The standard InChI is InChI=1S/C19H31N3O2/c1-12(2)11-15-7-9-16(10-8-15)17(13(3)4)21-14(5)18(23)22-19(24)20-6/h7-10,12-14,17,21H,11H2,1-6H3,(H2,20,22,23,24)/t14-,17+/m0/s1. The lowest BCUT2D eigenvalue weighted by atomic mass is 9.93. The largest absolute Gasteiger partial charge is 0.341 e. The Kier molecular flexibility index (Phi) is 7.92. The van der Waals surface area contributed by atoms with Crippen molar-refractivity contribution in [3.8, 4) is 0 Å². The second kappa shape index (κ2) is 9.42. The van der Waals surface area contributed by atoms with Crippen molar-refractivity contribution in [2.45, 2.75) is 53.1 Å². The molecule has 0 aliphatic carbocycles. The summed E-state index contributed by atoms with van der Waals surface area (Å²) < 4.78 is 0. The first kappa shape index (κ1) is 20.2. The summed E-state index contributed by atoms with van der Waals surface area (Å²) in [6.45, 7) is 10.4. The monoisotopic (exact) mass is 333 g/mol. The van der Waals surface area contributed by atoms with Crippen LogP contribution in [0, 0.1) is 11.8 Å². The van der Waals surface area contributed by atoms with E-state index in [4.69, 9.17) is 0 Å². The van der Waals surface area contributed by atoms with E-state index in [0.29, 0.717) is 11.8 Å². The molecule has 0 saturated carbocycles. The molecule has 0 fully saturated rings. The lowest BCUT2D eigenvalue weighted by Crippen LogP contribution is -2.48. The molecule has 0 aliphatic rings. The SMILES string of the molecule is CNC(=O)NC(=O)[C@H](C)N[C@@H](c1ccc(CC(C)C)cc1)C(C)C. The normalized spacial score (nSPS) is 13.7. The van der Waals surface area contributed by atoms with E-state index in [0.717, 1.165) is 12.0 Å². The van der Waals surface area contributed by atoms with Crippen LogP contribution in [0.2, 0.25) is 0 Å². The van der Waals surface area contributed by atoms with Crippen molar-refractivity contribution in [2.75, 3.05) is 7.05 Å². The number of hydrogen-bond acceptors (Lipinski definition) is 3. The van der Waals surface area contributed by atoms with Gasteiger partial charge in [0.2, 0.25) is 5.91 Å². The number of imide groups is 1. The summed E-state index contributed by atoms with van der Waals surface area (Å²) in [6, 6.07) is 7.64. The van der Waals surface area contributed by atoms with Gasteiger partial charge >= 0.3 is 6.03 Å². The van der Waals surface area contributed by atoms with Crippen molar-refractivity contribution < 1.29 is 9.59 Å². The van der Waals surface area contributed by atoms with Gasteiger partial charge in [0, 0.05) is 13.1 Å². The molecule has 1 aromatic carbocycles. The molecule has 5 heteroatoms. The van der Waals surface area contributed by atoms with Crippen molar-refractivity contribution >= 4 is 11.9 Å². The van der Waals surface area contributed by atoms with Crippen LogP contribution in [0.25, 0.3) is 0 Å².